The van der Waals surface area contributed by atoms with Crippen LogP contribution >= 0.6 is 0 Å². The van der Waals surface area contributed by atoms with Gasteiger partial charge in [0.1, 0.15) is 11.6 Å². The van der Waals surface area contributed by atoms with E-state index in [1.165, 1.54) is 0 Å². The zero-order chi connectivity index (χ0) is 22.7. The molecular formula is C23H28N8O. The van der Waals surface area contributed by atoms with Crippen LogP contribution in [0.4, 0.5) is 5.95 Å². The Balaban J connectivity index is 1.54. The van der Waals surface area contributed by atoms with Crippen molar-refractivity contribution in [2.45, 2.75) is 24.9 Å². The predicted octanol–water partition coefficient (Wildman–Crippen LogP) is 0.232. The third-order valence-electron chi connectivity index (χ3n) is 5.83. The minimum atomic E-state index is 0.109. The van der Waals surface area contributed by atoms with Crippen LogP contribution < -0.4 is 27.8 Å². The lowest BCUT2D eigenvalue weighted by molar-refractivity contribution is 0.275. The van der Waals surface area contributed by atoms with Crippen LogP contribution in [0.1, 0.15) is 24.0 Å². The molecule has 2 bridgehead atoms. The highest BCUT2D eigenvalue weighted by atomic mass is 16.3. The molecule has 2 aliphatic rings. The molecule has 9 N–H and O–H groups in total. The Hall–Kier alpha value is -3.90. The van der Waals surface area contributed by atoms with Crippen molar-refractivity contribution >= 4 is 11.6 Å². The van der Waals surface area contributed by atoms with Gasteiger partial charge in [0.05, 0.1) is 17.8 Å². The number of phenols is 1. The summed E-state index contributed by atoms with van der Waals surface area (Å²) in [6.07, 6.45) is 7.25. The summed E-state index contributed by atoms with van der Waals surface area (Å²) in [5.41, 5.74) is 26.1. The Morgan fingerprint density at radius 2 is 1.75 bits per heavy atom. The number of hydrogen-bond donors (Lipinski definition) is 5. The number of anilines is 1. The molecule has 0 radical (unpaired) electrons. The van der Waals surface area contributed by atoms with Crippen molar-refractivity contribution in [2.75, 3.05) is 24.5 Å². The zero-order valence-electron chi connectivity index (χ0n) is 17.8. The minimum Gasteiger partial charge on any atom is -0.507 e. The van der Waals surface area contributed by atoms with Crippen LogP contribution in [0.15, 0.2) is 54.3 Å². The van der Waals surface area contributed by atoms with Gasteiger partial charge in [-0.15, -0.1) is 0 Å². The number of hydrogen-bond acceptors (Lipinski definition) is 9. The first-order chi connectivity index (χ1) is 15.5. The lowest BCUT2D eigenvalue weighted by atomic mass is 10.1. The van der Waals surface area contributed by atoms with Gasteiger partial charge in [0.15, 0.2) is 0 Å². The maximum absolute atomic E-state index is 10.1. The van der Waals surface area contributed by atoms with Crippen LogP contribution in [0.25, 0.3) is 5.70 Å². The Bertz CT molecular complexity index is 1080. The summed E-state index contributed by atoms with van der Waals surface area (Å²) in [4.78, 5) is 13.5. The number of piperazine rings is 1. The van der Waals surface area contributed by atoms with E-state index in [9.17, 15) is 5.11 Å². The molecule has 9 nitrogen and oxygen atoms in total. The van der Waals surface area contributed by atoms with Crippen LogP contribution in [0.3, 0.4) is 0 Å². The summed E-state index contributed by atoms with van der Waals surface area (Å²) >= 11 is 0. The van der Waals surface area contributed by atoms with Gasteiger partial charge in [-0.2, -0.15) is 0 Å². The van der Waals surface area contributed by atoms with Gasteiger partial charge in [-0.3, -0.25) is 0 Å². The highest BCUT2D eigenvalue weighted by Crippen LogP contribution is 2.35. The smallest absolute Gasteiger partial charge is 0.225 e. The molecule has 2 unspecified atom stereocenters. The summed E-state index contributed by atoms with van der Waals surface area (Å²) in [5.74, 6) is 6.76. The van der Waals surface area contributed by atoms with Gasteiger partial charge in [-0.1, -0.05) is 24.0 Å². The largest absolute Gasteiger partial charge is 0.507 e. The molecular weight excluding hydrogens is 404 g/mol. The normalized spacial score (nSPS) is 20.0. The highest BCUT2D eigenvalue weighted by molar-refractivity contribution is 5.70. The number of rotatable bonds is 4. The third kappa shape index (κ3) is 4.26. The van der Waals surface area contributed by atoms with Gasteiger partial charge in [0.25, 0.3) is 0 Å². The van der Waals surface area contributed by atoms with Crippen molar-refractivity contribution in [3.8, 4) is 17.6 Å². The molecule has 0 saturated carbocycles. The van der Waals surface area contributed by atoms with Crippen molar-refractivity contribution in [3.05, 3.63) is 65.4 Å². The number of likely N-dealkylation sites (tertiary alicyclic amines) is 1. The predicted molar refractivity (Wildman–Crippen MR) is 124 cm³/mol. The number of allylic oxidation sites excluding steroid dienone is 1. The first-order valence-electron chi connectivity index (χ1n) is 10.5. The zero-order valence-corrected chi connectivity index (χ0v) is 17.8. The molecule has 2 saturated heterocycles. The number of phenolic OH excluding ortho intramolecular Hbond substituents is 1. The molecule has 32 heavy (non-hydrogen) atoms. The Labute approximate surface area is 187 Å². The van der Waals surface area contributed by atoms with E-state index < -0.39 is 0 Å². The van der Waals surface area contributed by atoms with E-state index in [0.29, 0.717) is 42.5 Å². The average molecular weight is 433 g/mol. The summed E-state index contributed by atoms with van der Waals surface area (Å²) in [7, 11) is 0. The molecule has 0 aliphatic carbocycles. The summed E-state index contributed by atoms with van der Waals surface area (Å²) in [6, 6.07) is 7.36. The number of nitrogens with zero attached hydrogens (tertiary/aromatic N) is 4. The quantitative estimate of drug-likeness (QED) is 0.337. The molecule has 0 spiro atoms. The standard InChI is InChI=1S/C23H28N8O/c24-9-3-4-15-11-28-23(29-12-15)31-16-7-8-17(31)14-30(13-16)20(22(26)27)10-19(25)18-5-1-2-6-21(18)32/h1-2,5-6,10-12,16-17,32H,7-9,13-14,24-27H2/b19-10-. The van der Waals surface area contributed by atoms with E-state index >= 15 is 0 Å². The SMILES string of the molecule is NCC#Cc1cnc(N2C3CCC2CN(C(/C=C(\N)c2ccccc2O)=C(N)N)C3)nc1. The topological polar surface area (TPSA) is 157 Å². The van der Waals surface area contributed by atoms with E-state index in [0.717, 1.165) is 18.4 Å². The van der Waals surface area contributed by atoms with Crippen molar-refractivity contribution in [2.24, 2.45) is 22.9 Å². The number of aromatic nitrogens is 2. The third-order valence-corrected chi connectivity index (χ3v) is 5.83. The second-order valence-corrected chi connectivity index (χ2v) is 7.93. The summed E-state index contributed by atoms with van der Waals surface area (Å²) in [6.45, 7) is 1.73. The summed E-state index contributed by atoms with van der Waals surface area (Å²) in [5, 5.41) is 10.1. The molecule has 2 atom stereocenters. The number of benzene rings is 1. The van der Waals surface area contributed by atoms with Crippen LogP contribution in [0, 0.1) is 11.8 Å². The summed E-state index contributed by atoms with van der Waals surface area (Å²) < 4.78 is 0. The van der Waals surface area contributed by atoms with Gasteiger partial charge < -0.3 is 37.8 Å². The Morgan fingerprint density at radius 1 is 1.09 bits per heavy atom. The Morgan fingerprint density at radius 3 is 2.34 bits per heavy atom. The molecule has 2 aliphatic heterocycles. The molecule has 166 valence electrons. The van der Waals surface area contributed by atoms with Crippen LogP contribution in [0.5, 0.6) is 5.75 Å². The monoisotopic (exact) mass is 432 g/mol. The average Bonchev–Trinajstić information content (AvgIpc) is 3.05. The number of nitrogens with two attached hydrogens (primary N) is 4. The molecule has 2 aromatic rings. The van der Waals surface area contributed by atoms with Gasteiger partial charge in [0, 0.05) is 48.8 Å². The molecule has 9 heteroatoms. The molecule has 3 heterocycles. The Kier molecular flexibility index (Phi) is 6.05. The van der Waals surface area contributed by atoms with Gasteiger partial charge >= 0.3 is 0 Å². The van der Waals surface area contributed by atoms with E-state index in [1.54, 1.807) is 36.7 Å². The first kappa shape index (κ1) is 21.3. The fourth-order valence-electron chi connectivity index (χ4n) is 4.40. The number of aromatic hydroxyl groups is 1. The molecule has 4 rings (SSSR count). The van der Waals surface area contributed by atoms with Crippen molar-refractivity contribution in [3.63, 3.8) is 0 Å². The molecule has 1 aromatic heterocycles. The molecule has 1 aromatic carbocycles. The maximum atomic E-state index is 10.1. The lowest BCUT2D eigenvalue weighted by Gasteiger charge is -2.42. The van der Waals surface area contributed by atoms with E-state index in [1.807, 2.05) is 6.07 Å². The fraction of sp³-hybridized carbons (Fsp3) is 0.304. The van der Waals surface area contributed by atoms with Crippen molar-refractivity contribution < 1.29 is 5.11 Å². The van der Waals surface area contributed by atoms with E-state index in [4.69, 9.17) is 22.9 Å². The van der Waals surface area contributed by atoms with Gasteiger partial charge in [-0.05, 0) is 31.1 Å². The van der Waals surface area contributed by atoms with Crippen molar-refractivity contribution in [1.29, 1.82) is 0 Å². The second kappa shape index (κ2) is 9.08. The maximum Gasteiger partial charge on any atom is 0.225 e. The number of fused-ring (bicyclic) bond motifs is 2. The highest BCUT2D eigenvalue weighted by Gasteiger charge is 2.41. The van der Waals surface area contributed by atoms with Crippen LogP contribution in [-0.4, -0.2) is 51.7 Å². The fourth-order valence-corrected chi connectivity index (χ4v) is 4.40. The lowest BCUT2D eigenvalue weighted by Crippen LogP contribution is -2.54. The molecule has 2 fully saturated rings. The second-order valence-electron chi connectivity index (χ2n) is 7.93. The van der Waals surface area contributed by atoms with Gasteiger partial charge in [0.2, 0.25) is 5.95 Å². The van der Waals surface area contributed by atoms with Crippen molar-refractivity contribution in [1.82, 2.24) is 14.9 Å². The first-order valence-corrected chi connectivity index (χ1v) is 10.5. The van der Waals surface area contributed by atoms with Crippen LogP contribution in [0.2, 0.25) is 0 Å². The van der Waals surface area contributed by atoms with Crippen LogP contribution in [-0.2, 0) is 0 Å². The minimum absolute atomic E-state index is 0.109. The van der Waals surface area contributed by atoms with Gasteiger partial charge in [-0.25, -0.2) is 9.97 Å². The molecule has 0 amide bonds. The van der Waals surface area contributed by atoms with E-state index in [2.05, 4.69) is 31.6 Å². The van der Waals surface area contributed by atoms with E-state index in [-0.39, 0.29) is 23.7 Å². The number of para-hydroxylation sites is 1.